The van der Waals surface area contributed by atoms with Crippen LogP contribution in [0.1, 0.15) is 39.0 Å². The summed E-state index contributed by atoms with van der Waals surface area (Å²) in [6.07, 6.45) is 6.97. The third kappa shape index (κ3) is 3.18. The summed E-state index contributed by atoms with van der Waals surface area (Å²) in [6, 6.07) is 0.223. The highest BCUT2D eigenvalue weighted by molar-refractivity contribution is 7.98. The third-order valence-corrected chi connectivity index (χ3v) is 5.18. The molecule has 0 radical (unpaired) electrons. The largest absolute Gasteiger partial charge is 0.392 e. The molecule has 104 valence electrons. The summed E-state index contributed by atoms with van der Waals surface area (Å²) in [4.78, 5) is 14.9. The van der Waals surface area contributed by atoms with Crippen molar-refractivity contribution in [3.05, 3.63) is 0 Å². The van der Waals surface area contributed by atoms with Crippen molar-refractivity contribution in [3.8, 4) is 0 Å². The SMILES string of the molecule is CSCC(C)N(C)C(=O)C1(C(N)=S)CCCCC1. The Kier molecular flexibility index (Phi) is 5.92. The number of nitrogens with two attached hydrogens (primary N) is 1. The Bertz CT molecular complexity index is 314. The predicted molar refractivity (Wildman–Crippen MR) is 82.9 cm³/mol. The first-order valence-corrected chi connectivity index (χ1v) is 8.32. The summed E-state index contributed by atoms with van der Waals surface area (Å²) in [6.45, 7) is 2.07. The summed E-state index contributed by atoms with van der Waals surface area (Å²) in [5.41, 5.74) is 5.32. The molecule has 1 aliphatic rings. The lowest BCUT2D eigenvalue weighted by Crippen LogP contribution is -2.53. The van der Waals surface area contributed by atoms with Crippen molar-refractivity contribution in [1.29, 1.82) is 0 Å². The van der Waals surface area contributed by atoms with E-state index in [0.717, 1.165) is 31.4 Å². The van der Waals surface area contributed by atoms with Gasteiger partial charge in [0.25, 0.3) is 0 Å². The summed E-state index contributed by atoms with van der Waals surface area (Å²) in [5.74, 6) is 1.06. The van der Waals surface area contributed by atoms with Crippen LogP contribution in [0.15, 0.2) is 0 Å². The van der Waals surface area contributed by atoms with Gasteiger partial charge in [-0.1, -0.05) is 31.5 Å². The number of thiocarbonyl (C=S) groups is 1. The maximum Gasteiger partial charge on any atom is 0.235 e. The maximum absolute atomic E-state index is 12.7. The zero-order valence-electron chi connectivity index (χ0n) is 11.6. The van der Waals surface area contributed by atoms with Crippen molar-refractivity contribution in [2.45, 2.75) is 45.1 Å². The molecule has 0 spiro atoms. The van der Waals surface area contributed by atoms with E-state index in [-0.39, 0.29) is 11.9 Å². The number of carbonyl (C=O) groups is 1. The maximum atomic E-state index is 12.7. The highest BCUT2D eigenvalue weighted by Crippen LogP contribution is 2.38. The standard InChI is InChI=1S/C13H24N2OS2/c1-10(9-18-3)15(2)12(16)13(11(14)17)7-5-4-6-8-13/h10H,4-9H2,1-3H3,(H2,14,17). The van der Waals surface area contributed by atoms with Crippen molar-refractivity contribution < 1.29 is 4.79 Å². The lowest BCUT2D eigenvalue weighted by atomic mass is 9.72. The summed E-state index contributed by atoms with van der Waals surface area (Å²) in [7, 11) is 1.87. The molecule has 2 N–H and O–H groups in total. The zero-order chi connectivity index (χ0) is 13.8. The molecule has 0 saturated heterocycles. The monoisotopic (exact) mass is 288 g/mol. The molecular weight excluding hydrogens is 264 g/mol. The second-order valence-corrected chi connectivity index (χ2v) is 6.58. The smallest absolute Gasteiger partial charge is 0.235 e. The molecular formula is C13H24N2OS2. The van der Waals surface area contributed by atoms with E-state index in [4.69, 9.17) is 18.0 Å². The van der Waals surface area contributed by atoms with Crippen LogP contribution in [-0.2, 0) is 4.79 Å². The third-order valence-electron chi connectivity index (χ3n) is 3.98. The molecule has 0 aromatic heterocycles. The Morgan fingerprint density at radius 2 is 2.00 bits per heavy atom. The molecule has 3 nitrogen and oxygen atoms in total. The van der Waals surface area contributed by atoms with Crippen LogP contribution in [0.4, 0.5) is 0 Å². The van der Waals surface area contributed by atoms with Gasteiger partial charge in [-0.2, -0.15) is 11.8 Å². The highest BCUT2D eigenvalue weighted by Gasteiger charge is 2.44. The van der Waals surface area contributed by atoms with Gasteiger partial charge in [0, 0.05) is 18.8 Å². The van der Waals surface area contributed by atoms with E-state index in [1.54, 1.807) is 11.8 Å². The molecule has 1 fully saturated rings. The van der Waals surface area contributed by atoms with Crippen LogP contribution in [-0.4, -0.2) is 40.9 Å². The van der Waals surface area contributed by atoms with E-state index in [0.29, 0.717) is 4.99 Å². The average Bonchev–Trinajstić information content (AvgIpc) is 2.37. The number of hydrogen-bond donors (Lipinski definition) is 1. The van der Waals surface area contributed by atoms with E-state index < -0.39 is 5.41 Å². The van der Waals surface area contributed by atoms with E-state index in [9.17, 15) is 4.79 Å². The Hall–Kier alpha value is -0.290. The van der Waals surface area contributed by atoms with Gasteiger partial charge in [0.15, 0.2) is 0 Å². The molecule has 0 aliphatic heterocycles. The van der Waals surface area contributed by atoms with E-state index >= 15 is 0 Å². The Balaban J connectivity index is 2.86. The lowest BCUT2D eigenvalue weighted by Gasteiger charge is -2.39. The van der Waals surface area contributed by atoms with Gasteiger partial charge in [0.2, 0.25) is 5.91 Å². The van der Waals surface area contributed by atoms with Gasteiger partial charge in [0.1, 0.15) is 0 Å². The van der Waals surface area contributed by atoms with Gasteiger partial charge in [-0.05, 0) is 26.0 Å². The van der Waals surface area contributed by atoms with Crippen LogP contribution in [0.5, 0.6) is 0 Å². The van der Waals surface area contributed by atoms with Gasteiger partial charge < -0.3 is 10.6 Å². The minimum atomic E-state index is -0.574. The number of thioether (sulfide) groups is 1. The number of amides is 1. The van der Waals surface area contributed by atoms with Crippen LogP contribution >= 0.6 is 24.0 Å². The summed E-state index contributed by atoms with van der Waals surface area (Å²) >= 11 is 6.95. The summed E-state index contributed by atoms with van der Waals surface area (Å²) < 4.78 is 0. The van der Waals surface area contributed by atoms with Crippen LogP contribution in [0.2, 0.25) is 0 Å². The number of nitrogens with zero attached hydrogens (tertiary/aromatic N) is 1. The average molecular weight is 288 g/mol. The fourth-order valence-electron chi connectivity index (χ4n) is 2.61. The molecule has 1 aliphatic carbocycles. The Morgan fingerprint density at radius 1 is 1.44 bits per heavy atom. The predicted octanol–water partition coefficient (Wildman–Crippen LogP) is 2.43. The minimum Gasteiger partial charge on any atom is -0.392 e. The number of rotatable bonds is 5. The van der Waals surface area contributed by atoms with Crippen molar-refractivity contribution in [2.24, 2.45) is 11.1 Å². The van der Waals surface area contributed by atoms with Gasteiger partial charge in [0.05, 0.1) is 10.4 Å². The molecule has 1 atom stereocenters. The van der Waals surface area contributed by atoms with Crippen LogP contribution in [0.25, 0.3) is 0 Å². The molecule has 0 heterocycles. The highest BCUT2D eigenvalue weighted by atomic mass is 32.2. The first kappa shape index (κ1) is 15.8. The molecule has 1 unspecified atom stereocenters. The molecule has 0 aromatic rings. The lowest BCUT2D eigenvalue weighted by molar-refractivity contribution is -0.139. The zero-order valence-corrected chi connectivity index (χ0v) is 13.2. The first-order chi connectivity index (χ1) is 8.45. The van der Waals surface area contributed by atoms with Crippen molar-refractivity contribution >= 4 is 34.9 Å². The van der Waals surface area contributed by atoms with Crippen molar-refractivity contribution in [3.63, 3.8) is 0 Å². The minimum absolute atomic E-state index is 0.122. The molecule has 0 bridgehead atoms. The van der Waals surface area contributed by atoms with Gasteiger partial charge in [-0.15, -0.1) is 0 Å². The van der Waals surface area contributed by atoms with E-state index in [2.05, 4.69) is 13.2 Å². The normalized spacial score (nSPS) is 20.2. The van der Waals surface area contributed by atoms with Gasteiger partial charge >= 0.3 is 0 Å². The molecule has 1 saturated carbocycles. The van der Waals surface area contributed by atoms with E-state index in [1.165, 1.54) is 6.42 Å². The van der Waals surface area contributed by atoms with Crippen LogP contribution < -0.4 is 5.73 Å². The number of hydrogen-bond acceptors (Lipinski definition) is 3. The Morgan fingerprint density at radius 3 is 2.44 bits per heavy atom. The van der Waals surface area contributed by atoms with Gasteiger partial charge in [-0.25, -0.2) is 0 Å². The first-order valence-electron chi connectivity index (χ1n) is 6.52. The Labute approximate surface area is 120 Å². The molecule has 1 amide bonds. The topological polar surface area (TPSA) is 46.3 Å². The van der Waals surface area contributed by atoms with Crippen molar-refractivity contribution in [2.75, 3.05) is 19.1 Å². The molecule has 18 heavy (non-hydrogen) atoms. The van der Waals surface area contributed by atoms with Gasteiger partial charge in [-0.3, -0.25) is 4.79 Å². The quantitative estimate of drug-likeness (QED) is 0.789. The molecule has 1 rings (SSSR count). The second kappa shape index (κ2) is 6.75. The molecule has 0 aromatic carbocycles. The fourth-order valence-corrected chi connectivity index (χ4v) is 3.61. The van der Waals surface area contributed by atoms with E-state index in [1.807, 2.05) is 11.9 Å². The fraction of sp³-hybridized carbons (Fsp3) is 0.846. The van der Waals surface area contributed by atoms with Crippen LogP contribution in [0, 0.1) is 5.41 Å². The second-order valence-electron chi connectivity index (χ2n) is 5.23. The number of carbonyl (C=O) groups excluding carboxylic acids is 1. The summed E-state index contributed by atoms with van der Waals surface area (Å²) in [5, 5.41) is 0. The van der Waals surface area contributed by atoms with Crippen LogP contribution in [0.3, 0.4) is 0 Å². The molecule has 5 heteroatoms. The van der Waals surface area contributed by atoms with Crippen molar-refractivity contribution in [1.82, 2.24) is 4.90 Å².